The molecule has 1 aromatic rings. The maximum absolute atomic E-state index is 11.4. The molecule has 0 radical (unpaired) electrons. The second-order valence-electron chi connectivity index (χ2n) is 4.41. The molecule has 0 aliphatic carbocycles. The number of nitrogens with zero attached hydrogens (tertiary/aromatic N) is 1. The van der Waals surface area contributed by atoms with E-state index in [1.54, 1.807) is 6.07 Å². The molecule has 0 bridgehead atoms. The number of carbonyl (C=O) groups is 1. The number of amides is 1. The summed E-state index contributed by atoms with van der Waals surface area (Å²) in [6.45, 7) is 1.04. The lowest BCUT2D eigenvalue weighted by Gasteiger charge is -2.41. The van der Waals surface area contributed by atoms with Crippen molar-refractivity contribution < 1.29 is 9.90 Å². The molecule has 2 aliphatic heterocycles. The van der Waals surface area contributed by atoms with Gasteiger partial charge in [0.15, 0.2) is 0 Å². The predicted octanol–water partition coefficient (Wildman–Crippen LogP) is 0.643. The second-order valence-corrected chi connectivity index (χ2v) is 4.41. The molecule has 1 atom stereocenters. The third-order valence-corrected chi connectivity index (χ3v) is 3.42. The van der Waals surface area contributed by atoms with E-state index in [0.29, 0.717) is 19.1 Å². The van der Waals surface area contributed by atoms with Crippen molar-refractivity contribution in [3.8, 4) is 5.75 Å². The fraction of sp³-hybridized carbons (Fsp3) is 0.417. The van der Waals surface area contributed by atoms with Crippen molar-refractivity contribution in [3.63, 3.8) is 0 Å². The number of nitrogens with one attached hydrogen (secondary N) is 1. The molecule has 1 unspecified atom stereocenters. The van der Waals surface area contributed by atoms with Gasteiger partial charge in [-0.1, -0.05) is 12.1 Å². The molecule has 2 heterocycles. The SMILES string of the molecule is O=C1CN2c3c(O)cccc3CCC2CN1. The summed E-state index contributed by atoms with van der Waals surface area (Å²) < 4.78 is 0. The van der Waals surface area contributed by atoms with E-state index >= 15 is 0 Å². The normalized spacial score (nSPS) is 23.4. The zero-order valence-electron chi connectivity index (χ0n) is 8.94. The van der Waals surface area contributed by atoms with Gasteiger partial charge in [-0.2, -0.15) is 0 Å². The van der Waals surface area contributed by atoms with E-state index in [1.165, 1.54) is 0 Å². The summed E-state index contributed by atoms with van der Waals surface area (Å²) in [6.07, 6.45) is 2.01. The number of aromatic hydroxyl groups is 1. The van der Waals surface area contributed by atoms with Gasteiger partial charge in [0.2, 0.25) is 5.91 Å². The topological polar surface area (TPSA) is 52.6 Å². The molecular formula is C12H14N2O2. The van der Waals surface area contributed by atoms with Crippen LogP contribution >= 0.6 is 0 Å². The minimum Gasteiger partial charge on any atom is -0.506 e. The van der Waals surface area contributed by atoms with Crippen LogP contribution in [-0.4, -0.2) is 30.1 Å². The number of phenolic OH excluding ortho intramolecular Hbond substituents is 1. The molecule has 0 spiro atoms. The Morgan fingerprint density at radius 3 is 3.19 bits per heavy atom. The Hall–Kier alpha value is -1.71. The van der Waals surface area contributed by atoms with Crippen LogP contribution in [0.4, 0.5) is 5.69 Å². The monoisotopic (exact) mass is 218 g/mol. The lowest BCUT2D eigenvalue weighted by molar-refractivity contribution is -0.120. The summed E-state index contributed by atoms with van der Waals surface area (Å²) in [6, 6.07) is 5.91. The summed E-state index contributed by atoms with van der Waals surface area (Å²) in [5.41, 5.74) is 2.00. The van der Waals surface area contributed by atoms with Crippen molar-refractivity contribution in [1.29, 1.82) is 0 Å². The predicted molar refractivity (Wildman–Crippen MR) is 60.6 cm³/mol. The van der Waals surface area contributed by atoms with Gasteiger partial charge in [0.25, 0.3) is 0 Å². The van der Waals surface area contributed by atoms with Crippen LogP contribution in [0.25, 0.3) is 0 Å². The lowest BCUT2D eigenvalue weighted by Crippen LogP contribution is -2.56. The van der Waals surface area contributed by atoms with E-state index in [-0.39, 0.29) is 11.7 Å². The molecule has 16 heavy (non-hydrogen) atoms. The quantitative estimate of drug-likeness (QED) is 0.672. The van der Waals surface area contributed by atoms with Gasteiger partial charge in [-0.05, 0) is 24.5 Å². The summed E-state index contributed by atoms with van der Waals surface area (Å²) in [5, 5.41) is 12.8. The van der Waals surface area contributed by atoms with E-state index in [2.05, 4.69) is 5.32 Å². The number of phenols is 1. The van der Waals surface area contributed by atoms with Crippen LogP contribution in [0.3, 0.4) is 0 Å². The number of fused-ring (bicyclic) bond motifs is 3. The Morgan fingerprint density at radius 1 is 1.44 bits per heavy atom. The highest BCUT2D eigenvalue weighted by Gasteiger charge is 2.32. The molecule has 3 rings (SSSR count). The molecular weight excluding hydrogens is 204 g/mol. The van der Waals surface area contributed by atoms with E-state index in [1.807, 2.05) is 17.0 Å². The van der Waals surface area contributed by atoms with Crippen LogP contribution in [0.1, 0.15) is 12.0 Å². The molecule has 1 amide bonds. The summed E-state index contributed by atoms with van der Waals surface area (Å²) in [4.78, 5) is 13.4. The Kier molecular flexibility index (Phi) is 2.02. The maximum atomic E-state index is 11.4. The van der Waals surface area contributed by atoms with Gasteiger partial charge in [-0.25, -0.2) is 0 Å². The third-order valence-electron chi connectivity index (χ3n) is 3.42. The van der Waals surface area contributed by atoms with Gasteiger partial charge < -0.3 is 15.3 Å². The maximum Gasteiger partial charge on any atom is 0.239 e. The average Bonchev–Trinajstić information content (AvgIpc) is 2.28. The van der Waals surface area contributed by atoms with Crippen LogP contribution < -0.4 is 10.2 Å². The number of benzene rings is 1. The van der Waals surface area contributed by atoms with Crippen LogP contribution in [0.2, 0.25) is 0 Å². The van der Waals surface area contributed by atoms with Crippen molar-refractivity contribution in [3.05, 3.63) is 23.8 Å². The second kappa shape index (κ2) is 3.40. The summed E-state index contributed by atoms with van der Waals surface area (Å²) >= 11 is 0. The molecule has 2 N–H and O–H groups in total. The van der Waals surface area contributed by atoms with E-state index in [4.69, 9.17) is 0 Å². The first kappa shape index (κ1) is 9.51. The van der Waals surface area contributed by atoms with Gasteiger partial charge in [-0.3, -0.25) is 4.79 Å². The van der Waals surface area contributed by atoms with Crippen LogP contribution in [0, 0.1) is 0 Å². The smallest absolute Gasteiger partial charge is 0.239 e. The Morgan fingerprint density at radius 2 is 2.31 bits per heavy atom. The van der Waals surface area contributed by atoms with Crippen LogP contribution in [-0.2, 0) is 11.2 Å². The molecule has 4 nitrogen and oxygen atoms in total. The number of piperazine rings is 1. The number of rotatable bonds is 0. The zero-order valence-corrected chi connectivity index (χ0v) is 8.94. The number of carbonyl (C=O) groups excluding carboxylic acids is 1. The van der Waals surface area contributed by atoms with E-state index in [9.17, 15) is 9.90 Å². The minimum absolute atomic E-state index is 0.0346. The van der Waals surface area contributed by atoms with E-state index < -0.39 is 0 Å². The fourth-order valence-electron chi connectivity index (χ4n) is 2.63. The van der Waals surface area contributed by atoms with E-state index in [0.717, 1.165) is 24.1 Å². The summed E-state index contributed by atoms with van der Waals surface area (Å²) in [7, 11) is 0. The highest BCUT2D eigenvalue weighted by molar-refractivity contribution is 5.84. The van der Waals surface area contributed by atoms with Crippen molar-refractivity contribution in [2.75, 3.05) is 18.0 Å². The van der Waals surface area contributed by atoms with Gasteiger partial charge in [-0.15, -0.1) is 0 Å². The zero-order chi connectivity index (χ0) is 11.1. The molecule has 1 fully saturated rings. The van der Waals surface area contributed by atoms with Crippen molar-refractivity contribution in [2.24, 2.45) is 0 Å². The van der Waals surface area contributed by atoms with Gasteiger partial charge in [0.1, 0.15) is 5.75 Å². The Labute approximate surface area is 93.9 Å². The molecule has 0 aromatic heterocycles. The Balaban J connectivity index is 2.06. The fourth-order valence-corrected chi connectivity index (χ4v) is 2.63. The lowest BCUT2D eigenvalue weighted by atomic mass is 9.94. The van der Waals surface area contributed by atoms with Gasteiger partial charge in [0, 0.05) is 12.6 Å². The van der Waals surface area contributed by atoms with Gasteiger partial charge >= 0.3 is 0 Å². The van der Waals surface area contributed by atoms with Crippen molar-refractivity contribution in [1.82, 2.24) is 5.32 Å². The van der Waals surface area contributed by atoms with Crippen LogP contribution in [0.5, 0.6) is 5.75 Å². The standard InChI is InChI=1S/C12H14N2O2/c15-10-3-1-2-8-4-5-9-6-13-11(16)7-14(9)12(8)10/h1-3,9,15H,4-7H2,(H,13,16). The number of hydrogen-bond acceptors (Lipinski definition) is 3. The first-order valence-corrected chi connectivity index (χ1v) is 5.60. The number of hydrogen-bond donors (Lipinski definition) is 2. The number of aryl methyl sites for hydroxylation is 1. The first-order valence-electron chi connectivity index (χ1n) is 5.60. The minimum atomic E-state index is 0.0346. The average molecular weight is 218 g/mol. The molecule has 1 saturated heterocycles. The Bertz CT molecular complexity index is 445. The van der Waals surface area contributed by atoms with Crippen molar-refractivity contribution in [2.45, 2.75) is 18.9 Å². The molecule has 84 valence electrons. The first-order chi connectivity index (χ1) is 7.75. The molecule has 4 heteroatoms. The van der Waals surface area contributed by atoms with Crippen molar-refractivity contribution >= 4 is 11.6 Å². The summed E-state index contributed by atoms with van der Waals surface area (Å²) in [5.74, 6) is 0.323. The number of para-hydroxylation sites is 1. The molecule has 2 aliphatic rings. The largest absolute Gasteiger partial charge is 0.506 e. The molecule has 1 aromatic carbocycles. The van der Waals surface area contributed by atoms with Crippen LogP contribution in [0.15, 0.2) is 18.2 Å². The van der Waals surface area contributed by atoms with Gasteiger partial charge in [0.05, 0.1) is 12.2 Å². The highest BCUT2D eigenvalue weighted by atomic mass is 16.3. The highest BCUT2D eigenvalue weighted by Crippen LogP contribution is 2.38. The third kappa shape index (κ3) is 1.33. The molecule has 0 saturated carbocycles. The number of anilines is 1.